The smallest absolute Gasteiger partial charge is 0.126 e. The highest BCUT2D eigenvalue weighted by Gasteiger charge is 2.11. The second-order valence-corrected chi connectivity index (χ2v) is 3.06. The highest BCUT2D eigenvalue weighted by molar-refractivity contribution is 5.38. The topological polar surface area (TPSA) is 20.2 Å². The lowest BCUT2D eigenvalue weighted by Gasteiger charge is -2.12. The molecule has 0 fully saturated rings. The van der Waals surface area contributed by atoms with Gasteiger partial charge in [0.2, 0.25) is 0 Å². The Kier molecular flexibility index (Phi) is 3.43. The van der Waals surface area contributed by atoms with Crippen molar-refractivity contribution in [2.24, 2.45) is 0 Å². The lowest BCUT2D eigenvalue weighted by atomic mass is 9.94. The first-order valence-corrected chi connectivity index (χ1v) is 4.41. The minimum Gasteiger partial charge on any atom is -0.395 e. The van der Waals surface area contributed by atoms with Gasteiger partial charge in [0, 0.05) is 5.92 Å². The lowest BCUT2D eigenvalue weighted by Crippen LogP contribution is -2.05. The Morgan fingerprint density at radius 3 is 2.69 bits per heavy atom. The second kappa shape index (κ2) is 4.38. The molecule has 0 unspecified atom stereocenters. The molecule has 0 heterocycles. The van der Waals surface area contributed by atoms with E-state index >= 15 is 0 Å². The molecule has 0 amide bonds. The molecule has 0 aromatic heterocycles. The van der Waals surface area contributed by atoms with E-state index in [4.69, 9.17) is 5.11 Å². The van der Waals surface area contributed by atoms with Crippen molar-refractivity contribution in [3.8, 4) is 0 Å². The van der Waals surface area contributed by atoms with E-state index < -0.39 is 0 Å². The molecule has 1 rings (SSSR count). The molecule has 2 heteroatoms. The van der Waals surface area contributed by atoms with Gasteiger partial charge >= 0.3 is 0 Å². The maximum absolute atomic E-state index is 13.3. The van der Waals surface area contributed by atoms with Crippen LogP contribution in [0.1, 0.15) is 25.0 Å². The van der Waals surface area contributed by atoms with Crippen LogP contribution in [-0.4, -0.2) is 11.7 Å². The van der Waals surface area contributed by atoms with Gasteiger partial charge in [0.1, 0.15) is 5.82 Å². The molecule has 0 aliphatic carbocycles. The van der Waals surface area contributed by atoms with Gasteiger partial charge in [-0.1, -0.05) is 26.0 Å². The van der Waals surface area contributed by atoms with Gasteiger partial charge < -0.3 is 5.11 Å². The van der Waals surface area contributed by atoms with E-state index in [1.54, 1.807) is 6.07 Å². The Morgan fingerprint density at radius 1 is 1.46 bits per heavy atom. The van der Waals surface area contributed by atoms with E-state index in [0.717, 1.165) is 11.5 Å². The van der Waals surface area contributed by atoms with Crippen LogP contribution in [0.15, 0.2) is 18.2 Å². The highest BCUT2D eigenvalue weighted by Crippen LogP contribution is 2.21. The first-order valence-electron chi connectivity index (χ1n) is 4.41. The summed E-state index contributed by atoms with van der Waals surface area (Å²) in [6.07, 6.45) is 0.652. The normalized spacial score (nSPS) is 10.8. The Balaban J connectivity index is 3.12. The Labute approximate surface area is 78.2 Å². The molecule has 13 heavy (non-hydrogen) atoms. The molecule has 0 saturated carbocycles. The predicted octanol–water partition coefficient (Wildman–Crippen LogP) is 2.32. The van der Waals surface area contributed by atoms with Crippen LogP contribution in [0.3, 0.4) is 0 Å². The summed E-state index contributed by atoms with van der Waals surface area (Å²) < 4.78 is 13.3. The number of benzene rings is 1. The molecule has 1 nitrogen and oxygen atoms in total. The summed E-state index contributed by atoms with van der Waals surface area (Å²) in [5, 5.41) is 8.94. The molecule has 1 radical (unpaired) electrons. The van der Waals surface area contributed by atoms with Gasteiger partial charge in [-0.15, -0.1) is 0 Å². The monoisotopic (exact) mass is 181 g/mol. The van der Waals surface area contributed by atoms with Crippen molar-refractivity contribution >= 4 is 0 Å². The van der Waals surface area contributed by atoms with Crippen molar-refractivity contribution in [1.29, 1.82) is 0 Å². The Hall–Kier alpha value is -0.890. The second-order valence-electron chi connectivity index (χ2n) is 3.06. The first kappa shape index (κ1) is 10.2. The number of hydrogen-bond donors (Lipinski definition) is 1. The maximum atomic E-state index is 13.3. The van der Waals surface area contributed by atoms with Gasteiger partial charge in [-0.2, -0.15) is 0 Å². The Morgan fingerprint density at radius 2 is 2.15 bits per heavy atom. The molecule has 0 saturated heterocycles. The summed E-state index contributed by atoms with van der Waals surface area (Å²) in [7, 11) is 0. The van der Waals surface area contributed by atoms with Crippen LogP contribution in [0.5, 0.6) is 0 Å². The van der Waals surface area contributed by atoms with Gasteiger partial charge in [-0.05, 0) is 23.6 Å². The summed E-state index contributed by atoms with van der Waals surface area (Å²) in [6.45, 7) is 3.71. The molecule has 1 aromatic rings. The minimum atomic E-state index is -0.187. The van der Waals surface area contributed by atoms with Crippen molar-refractivity contribution in [3.63, 3.8) is 0 Å². The molecule has 71 valence electrons. The van der Waals surface area contributed by atoms with Gasteiger partial charge in [-0.25, -0.2) is 4.39 Å². The van der Waals surface area contributed by atoms with Crippen molar-refractivity contribution in [2.45, 2.75) is 20.3 Å². The number of aliphatic hydroxyl groups is 1. The van der Waals surface area contributed by atoms with Gasteiger partial charge in [-0.3, -0.25) is 0 Å². The van der Waals surface area contributed by atoms with E-state index in [9.17, 15) is 4.39 Å². The van der Waals surface area contributed by atoms with Crippen molar-refractivity contribution in [1.82, 2.24) is 0 Å². The van der Waals surface area contributed by atoms with Gasteiger partial charge in [0.25, 0.3) is 0 Å². The summed E-state index contributed by atoms with van der Waals surface area (Å²) in [5.41, 5.74) is 1.53. The number of aliphatic hydroxyl groups excluding tert-OH is 1. The quantitative estimate of drug-likeness (QED) is 0.758. The molecule has 0 aliphatic rings. The van der Waals surface area contributed by atoms with E-state index in [1.807, 2.05) is 19.9 Å². The van der Waals surface area contributed by atoms with E-state index in [1.165, 1.54) is 6.07 Å². The zero-order valence-corrected chi connectivity index (χ0v) is 7.97. The third-order valence-corrected chi connectivity index (χ3v) is 2.17. The van der Waals surface area contributed by atoms with E-state index in [2.05, 4.69) is 0 Å². The van der Waals surface area contributed by atoms with Crippen LogP contribution in [0.2, 0.25) is 0 Å². The first-order chi connectivity index (χ1) is 6.20. The molecule has 1 N–H and O–H groups in total. The summed E-state index contributed by atoms with van der Waals surface area (Å²) in [5.74, 6) is 0.629. The van der Waals surface area contributed by atoms with Gasteiger partial charge in [0.05, 0.1) is 6.61 Å². The summed E-state index contributed by atoms with van der Waals surface area (Å²) in [4.78, 5) is 0. The molecule has 0 bridgehead atoms. The van der Waals surface area contributed by atoms with Crippen LogP contribution in [0, 0.1) is 11.7 Å². The fraction of sp³-hybridized carbons (Fsp3) is 0.364. The minimum absolute atomic E-state index is 0.0174. The predicted molar refractivity (Wildman–Crippen MR) is 50.9 cm³/mol. The number of rotatable bonds is 3. The summed E-state index contributed by atoms with van der Waals surface area (Å²) in [6, 6.07) is 4.96. The number of halogens is 1. The van der Waals surface area contributed by atoms with Crippen molar-refractivity contribution in [2.75, 3.05) is 6.61 Å². The maximum Gasteiger partial charge on any atom is 0.126 e. The van der Waals surface area contributed by atoms with E-state index in [-0.39, 0.29) is 12.4 Å². The standard InChI is InChI=1S/C11H14FO/c1-3-9-10(8(2)7-13)5-4-6-11(9)12/h4-6,13H,3,7H2,1-2H3. The SMILES string of the molecule is CCc1c(F)cccc1[C](C)CO. The molecule has 0 atom stereocenters. The lowest BCUT2D eigenvalue weighted by molar-refractivity contribution is 0.314. The highest BCUT2D eigenvalue weighted by atomic mass is 19.1. The van der Waals surface area contributed by atoms with Crippen LogP contribution in [-0.2, 0) is 6.42 Å². The summed E-state index contributed by atoms with van der Waals surface area (Å²) >= 11 is 0. The van der Waals surface area contributed by atoms with Crippen LogP contribution >= 0.6 is 0 Å². The Bertz CT molecular complexity index is 283. The average Bonchev–Trinajstić information content (AvgIpc) is 2.16. The molecule has 0 aliphatic heterocycles. The molecule has 0 spiro atoms. The van der Waals surface area contributed by atoms with Gasteiger partial charge in [0.15, 0.2) is 0 Å². The number of hydrogen-bond acceptors (Lipinski definition) is 1. The molecular weight excluding hydrogens is 167 g/mol. The average molecular weight is 181 g/mol. The third-order valence-electron chi connectivity index (χ3n) is 2.17. The van der Waals surface area contributed by atoms with Crippen LogP contribution in [0.25, 0.3) is 0 Å². The van der Waals surface area contributed by atoms with E-state index in [0.29, 0.717) is 12.0 Å². The fourth-order valence-electron chi connectivity index (χ4n) is 1.40. The zero-order chi connectivity index (χ0) is 9.84. The zero-order valence-electron chi connectivity index (χ0n) is 7.97. The third kappa shape index (κ3) is 2.07. The molecule has 1 aromatic carbocycles. The molecular formula is C11H14FO. The van der Waals surface area contributed by atoms with Crippen LogP contribution < -0.4 is 0 Å². The van der Waals surface area contributed by atoms with Crippen molar-refractivity contribution in [3.05, 3.63) is 41.1 Å². The van der Waals surface area contributed by atoms with Crippen LogP contribution in [0.4, 0.5) is 4.39 Å². The fourth-order valence-corrected chi connectivity index (χ4v) is 1.40. The van der Waals surface area contributed by atoms with Crippen molar-refractivity contribution < 1.29 is 9.50 Å². The largest absolute Gasteiger partial charge is 0.395 e.